The smallest absolute Gasteiger partial charge is 0.131 e. The number of hydrogen-bond acceptors (Lipinski definition) is 0. The van der Waals surface area contributed by atoms with Crippen LogP contribution >= 0.6 is 0 Å². The third kappa shape index (κ3) is 2.11. The molecule has 2 rings (SSSR count). The fourth-order valence-electron chi connectivity index (χ4n) is 1.85. The zero-order valence-corrected chi connectivity index (χ0v) is 9.22. The summed E-state index contributed by atoms with van der Waals surface area (Å²) in [6.07, 6.45) is 0. The van der Waals surface area contributed by atoms with Crippen molar-refractivity contribution >= 4 is 0 Å². The summed E-state index contributed by atoms with van der Waals surface area (Å²) < 4.78 is 26.6. The molecule has 2 heteroatoms. The summed E-state index contributed by atoms with van der Waals surface area (Å²) in [6, 6.07) is 9.21. The van der Waals surface area contributed by atoms with E-state index in [-0.39, 0.29) is 0 Å². The Bertz CT molecular complexity index is 510. The Morgan fingerprint density at radius 2 is 1.44 bits per heavy atom. The summed E-state index contributed by atoms with van der Waals surface area (Å²) in [5.74, 6) is -0.818. The molecule has 2 aromatic rings. The summed E-state index contributed by atoms with van der Waals surface area (Å²) in [5, 5.41) is 0. The van der Waals surface area contributed by atoms with Crippen LogP contribution in [-0.2, 0) is 0 Å². The molecule has 0 unspecified atom stereocenters. The second-order valence-corrected chi connectivity index (χ2v) is 4.00. The minimum Gasteiger partial charge on any atom is -0.207 e. The number of aryl methyl sites for hydroxylation is 2. The summed E-state index contributed by atoms with van der Waals surface area (Å²) in [5.41, 5.74) is 3.11. The van der Waals surface area contributed by atoms with E-state index in [0.717, 1.165) is 28.8 Å². The van der Waals surface area contributed by atoms with Crippen molar-refractivity contribution in [3.05, 3.63) is 59.2 Å². The lowest BCUT2D eigenvalue weighted by Gasteiger charge is -2.06. The van der Waals surface area contributed by atoms with Crippen LogP contribution < -0.4 is 0 Å². The highest BCUT2D eigenvalue weighted by molar-refractivity contribution is 5.65. The van der Waals surface area contributed by atoms with Crippen molar-refractivity contribution in [2.45, 2.75) is 13.8 Å². The molecule has 0 fully saturated rings. The molecule has 0 saturated carbocycles. The molecule has 0 aliphatic heterocycles. The van der Waals surface area contributed by atoms with Gasteiger partial charge in [-0.3, -0.25) is 0 Å². The first-order valence-electron chi connectivity index (χ1n) is 5.10. The van der Waals surface area contributed by atoms with Crippen LogP contribution in [0.5, 0.6) is 0 Å². The van der Waals surface area contributed by atoms with E-state index in [2.05, 4.69) is 0 Å². The summed E-state index contributed by atoms with van der Waals surface area (Å²) in [4.78, 5) is 0. The quantitative estimate of drug-likeness (QED) is 0.671. The Hall–Kier alpha value is -1.70. The van der Waals surface area contributed by atoms with Crippen molar-refractivity contribution in [2.75, 3.05) is 0 Å². The van der Waals surface area contributed by atoms with Gasteiger partial charge in [-0.25, -0.2) is 8.78 Å². The van der Waals surface area contributed by atoms with Gasteiger partial charge in [0, 0.05) is 5.56 Å². The monoisotopic (exact) mass is 218 g/mol. The van der Waals surface area contributed by atoms with Crippen molar-refractivity contribution in [1.82, 2.24) is 0 Å². The molecule has 0 spiro atoms. The van der Waals surface area contributed by atoms with Gasteiger partial charge in [0.25, 0.3) is 0 Å². The second kappa shape index (κ2) is 4.05. The third-order valence-corrected chi connectivity index (χ3v) is 2.46. The molecule has 0 heterocycles. The second-order valence-electron chi connectivity index (χ2n) is 4.00. The SMILES string of the molecule is Cc1cc(C)cc(-c2cc(F)ccc2F)c1. The zero-order chi connectivity index (χ0) is 11.7. The number of benzene rings is 2. The zero-order valence-electron chi connectivity index (χ0n) is 9.22. The maximum absolute atomic E-state index is 13.6. The molecular weight excluding hydrogens is 206 g/mol. The van der Waals surface area contributed by atoms with E-state index in [9.17, 15) is 8.78 Å². The van der Waals surface area contributed by atoms with Gasteiger partial charge in [-0.1, -0.05) is 29.3 Å². The van der Waals surface area contributed by atoms with Gasteiger partial charge in [-0.05, 0) is 37.6 Å². The largest absolute Gasteiger partial charge is 0.207 e. The van der Waals surface area contributed by atoms with Crippen LogP contribution in [0, 0.1) is 25.5 Å². The fourth-order valence-corrected chi connectivity index (χ4v) is 1.85. The summed E-state index contributed by atoms with van der Waals surface area (Å²) in [7, 11) is 0. The van der Waals surface area contributed by atoms with E-state index in [0.29, 0.717) is 5.56 Å². The maximum atomic E-state index is 13.6. The first kappa shape index (κ1) is 10.8. The molecule has 16 heavy (non-hydrogen) atoms. The van der Waals surface area contributed by atoms with Crippen molar-refractivity contribution < 1.29 is 8.78 Å². The predicted molar refractivity (Wildman–Crippen MR) is 61.3 cm³/mol. The lowest BCUT2D eigenvalue weighted by molar-refractivity contribution is 0.603. The first-order chi connectivity index (χ1) is 7.56. The molecule has 0 N–H and O–H groups in total. The standard InChI is InChI=1S/C14H12F2/c1-9-5-10(2)7-11(6-9)13-8-12(15)3-4-14(13)16/h3-8H,1-2H3. The van der Waals surface area contributed by atoms with Crippen molar-refractivity contribution in [3.63, 3.8) is 0 Å². The number of halogens is 2. The van der Waals surface area contributed by atoms with Gasteiger partial charge >= 0.3 is 0 Å². The van der Waals surface area contributed by atoms with Crippen LogP contribution in [-0.4, -0.2) is 0 Å². The van der Waals surface area contributed by atoms with Crippen LogP contribution in [0.1, 0.15) is 11.1 Å². The van der Waals surface area contributed by atoms with Gasteiger partial charge in [-0.15, -0.1) is 0 Å². The molecule has 0 aliphatic carbocycles. The Balaban J connectivity index is 2.62. The molecular formula is C14H12F2. The van der Waals surface area contributed by atoms with Gasteiger partial charge in [0.2, 0.25) is 0 Å². The van der Waals surface area contributed by atoms with Crippen LogP contribution in [0.25, 0.3) is 11.1 Å². The average Bonchev–Trinajstić information content (AvgIpc) is 2.20. The van der Waals surface area contributed by atoms with E-state index in [4.69, 9.17) is 0 Å². The van der Waals surface area contributed by atoms with Gasteiger partial charge in [0.1, 0.15) is 11.6 Å². The molecule has 0 aliphatic rings. The molecule has 82 valence electrons. The lowest BCUT2D eigenvalue weighted by Crippen LogP contribution is -1.88. The highest BCUT2D eigenvalue weighted by Crippen LogP contribution is 2.25. The fraction of sp³-hybridized carbons (Fsp3) is 0.143. The minimum atomic E-state index is -0.421. The number of rotatable bonds is 1. The Morgan fingerprint density at radius 3 is 2.06 bits per heavy atom. The maximum Gasteiger partial charge on any atom is 0.131 e. The molecule has 0 aromatic heterocycles. The van der Waals surface area contributed by atoms with Crippen LogP contribution in [0.15, 0.2) is 36.4 Å². The van der Waals surface area contributed by atoms with Crippen molar-refractivity contribution in [3.8, 4) is 11.1 Å². The highest BCUT2D eigenvalue weighted by atomic mass is 19.1. The molecule has 0 saturated heterocycles. The normalized spacial score (nSPS) is 10.5. The average molecular weight is 218 g/mol. The van der Waals surface area contributed by atoms with E-state index < -0.39 is 11.6 Å². The van der Waals surface area contributed by atoms with E-state index in [1.54, 1.807) is 0 Å². The molecule has 0 radical (unpaired) electrons. The van der Waals surface area contributed by atoms with E-state index in [1.165, 1.54) is 6.07 Å². The van der Waals surface area contributed by atoms with Crippen molar-refractivity contribution in [2.24, 2.45) is 0 Å². The van der Waals surface area contributed by atoms with Gasteiger partial charge in [0.15, 0.2) is 0 Å². The highest BCUT2D eigenvalue weighted by Gasteiger charge is 2.07. The van der Waals surface area contributed by atoms with E-state index >= 15 is 0 Å². The van der Waals surface area contributed by atoms with Crippen LogP contribution in [0.4, 0.5) is 8.78 Å². The van der Waals surface area contributed by atoms with Crippen LogP contribution in [0.2, 0.25) is 0 Å². The first-order valence-corrected chi connectivity index (χ1v) is 5.10. The molecule has 0 amide bonds. The summed E-state index contributed by atoms with van der Waals surface area (Å²) in [6.45, 7) is 3.88. The predicted octanol–water partition coefficient (Wildman–Crippen LogP) is 4.25. The van der Waals surface area contributed by atoms with Gasteiger partial charge in [-0.2, -0.15) is 0 Å². The van der Waals surface area contributed by atoms with Gasteiger partial charge in [0.05, 0.1) is 0 Å². The molecule has 0 atom stereocenters. The lowest BCUT2D eigenvalue weighted by atomic mass is 10.0. The number of hydrogen-bond donors (Lipinski definition) is 0. The molecule has 0 bridgehead atoms. The van der Waals surface area contributed by atoms with E-state index in [1.807, 2.05) is 32.0 Å². The third-order valence-electron chi connectivity index (χ3n) is 2.46. The minimum absolute atomic E-state index is 0.312. The molecule has 2 aromatic carbocycles. The Kier molecular flexibility index (Phi) is 2.73. The van der Waals surface area contributed by atoms with Gasteiger partial charge < -0.3 is 0 Å². The summed E-state index contributed by atoms with van der Waals surface area (Å²) >= 11 is 0. The molecule has 0 nitrogen and oxygen atoms in total. The Morgan fingerprint density at radius 1 is 0.812 bits per heavy atom. The topological polar surface area (TPSA) is 0 Å². The Labute approximate surface area is 93.5 Å². The van der Waals surface area contributed by atoms with Crippen molar-refractivity contribution in [1.29, 1.82) is 0 Å². The van der Waals surface area contributed by atoms with Crippen LogP contribution in [0.3, 0.4) is 0 Å².